The van der Waals surface area contributed by atoms with Crippen LogP contribution >= 0.6 is 0 Å². The Labute approximate surface area is 118 Å². The van der Waals surface area contributed by atoms with Crippen LogP contribution in [0.3, 0.4) is 0 Å². The molecule has 0 fully saturated rings. The summed E-state index contributed by atoms with van der Waals surface area (Å²) in [5.74, 6) is -0.156. The predicted octanol–water partition coefficient (Wildman–Crippen LogP) is 2.86. The Balaban J connectivity index is 2.16. The first-order valence-electron chi connectivity index (χ1n) is 6.62. The number of pyridine rings is 2. The number of aryl methyl sites for hydroxylation is 1. The maximum atomic E-state index is 12.3. The summed E-state index contributed by atoms with van der Waals surface area (Å²) in [6, 6.07) is 5.31. The number of rotatable bonds is 5. The Bertz CT molecular complexity index is 598. The SMILES string of the molecule is CCCNc1cnccc1C(=O)Nc1ccnc(C)c1. The zero-order valence-electron chi connectivity index (χ0n) is 11.7. The number of carbonyl (C=O) groups is 1. The summed E-state index contributed by atoms with van der Waals surface area (Å²) < 4.78 is 0. The van der Waals surface area contributed by atoms with E-state index in [2.05, 4.69) is 27.5 Å². The zero-order chi connectivity index (χ0) is 14.4. The highest BCUT2D eigenvalue weighted by molar-refractivity contribution is 6.07. The quantitative estimate of drug-likeness (QED) is 0.876. The Hall–Kier alpha value is -2.43. The summed E-state index contributed by atoms with van der Waals surface area (Å²) in [4.78, 5) is 20.5. The molecule has 2 heterocycles. The van der Waals surface area contributed by atoms with Gasteiger partial charge in [-0.1, -0.05) is 6.92 Å². The molecule has 0 aliphatic carbocycles. The van der Waals surface area contributed by atoms with Gasteiger partial charge < -0.3 is 10.6 Å². The molecule has 0 atom stereocenters. The van der Waals surface area contributed by atoms with E-state index in [1.54, 1.807) is 30.7 Å². The molecule has 0 saturated heterocycles. The van der Waals surface area contributed by atoms with Crippen molar-refractivity contribution in [3.05, 3.63) is 48.0 Å². The molecule has 0 aliphatic heterocycles. The molecular weight excluding hydrogens is 252 g/mol. The molecule has 2 rings (SSSR count). The lowest BCUT2D eigenvalue weighted by atomic mass is 10.2. The lowest BCUT2D eigenvalue weighted by Crippen LogP contribution is -2.15. The van der Waals surface area contributed by atoms with Crippen molar-refractivity contribution < 1.29 is 4.79 Å². The van der Waals surface area contributed by atoms with E-state index >= 15 is 0 Å². The fourth-order valence-electron chi connectivity index (χ4n) is 1.81. The summed E-state index contributed by atoms with van der Waals surface area (Å²) in [6.45, 7) is 4.76. The molecule has 0 spiro atoms. The predicted molar refractivity (Wildman–Crippen MR) is 79.9 cm³/mol. The molecule has 0 radical (unpaired) electrons. The number of amides is 1. The maximum absolute atomic E-state index is 12.3. The van der Waals surface area contributed by atoms with Gasteiger partial charge in [0.2, 0.25) is 0 Å². The Kier molecular flexibility index (Phi) is 4.65. The van der Waals surface area contributed by atoms with Crippen LogP contribution in [0.25, 0.3) is 0 Å². The Morgan fingerprint density at radius 2 is 2.15 bits per heavy atom. The number of anilines is 2. The molecule has 2 aromatic heterocycles. The first-order valence-corrected chi connectivity index (χ1v) is 6.62. The van der Waals surface area contributed by atoms with E-state index < -0.39 is 0 Å². The van der Waals surface area contributed by atoms with Gasteiger partial charge >= 0.3 is 0 Å². The molecule has 5 nitrogen and oxygen atoms in total. The van der Waals surface area contributed by atoms with Gasteiger partial charge in [0.25, 0.3) is 5.91 Å². The smallest absolute Gasteiger partial charge is 0.257 e. The molecule has 2 aromatic rings. The van der Waals surface area contributed by atoms with E-state index in [0.29, 0.717) is 5.56 Å². The molecule has 0 aliphatic rings. The van der Waals surface area contributed by atoms with Crippen molar-refractivity contribution >= 4 is 17.3 Å². The summed E-state index contributed by atoms with van der Waals surface area (Å²) in [7, 11) is 0. The van der Waals surface area contributed by atoms with Crippen LogP contribution in [0.5, 0.6) is 0 Å². The van der Waals surface area contributed by atoms with Crippen molar-refractivity contribution in [3.8, 4) is 0 Å². The van der Waals surface area contributed by atoms with Gasteiger partial charge in [-0.25, -0.2) is 0 Å². The van der Waals surface area contributed by atoms with Gasteiger partial charge in [0.1, 0.15) is 0 Å². The largest absolute Gasteiger partial charge is 0.383 e. The summed E-state index contributed by atoms with van der Waals surface area (Å²) in [5, 5.41) is 6.07. The second kappa shape index (κ2) is 6.65. The van der Waals surface area contributed by atoms with Gasteiger partial charge in [-0.15, -0.1) is 0 Å². The van der Waals surface area contributed by atoms with Crippen LogP contribution in [-0.2, 0) is 0 Å². The molecule has 20 heavy (non-hydrogen) atoms. The summed E-state index contributed by atoms with van der Waals surface area (Å²) in [6.07, 6.45) is 5.94. The molecular formula is C15H18N4O. The number of hydrogen-bond donors (Lipinski definition) is 2. The highest BCUT2D eigenvalue weighted by Gasteiger charge is 2.11. The first-order chi connectivity index (χ1) is 9.70. The number of nitrogens with zero attached hydrogens (tertiary/aromatic N) is 2. The molecule has 0 bridgehead atoms. The number of carbonyl (C=O) groups excluding carboxylic acids is 1. The first kappa shape index (κ1) is 14.0. The highest BCUT2D eigenvalue weighted by atomic mass is 16.1. The summed E-state index contributed by atoms with van der Waals surface area (Å²) in [5.41, 5.74) is 2.93. The molecule has 104 valence electrons. The minimum atomic E-state index is -0.156. The highest BCUT2D eigenvalue weighted by Crippen LogP contribution is 2.16. The average molecular weight is 270 g/mol. The molecule has 0 aromatic carbocycles. The van der Waals surface area contributed by atoms with E-state index in [1.807, 2.05) is 13.0 Å². The number of aromatic nitrogens is 2. The molecule has 0 saturated carbocycles. The van der Waals surface area contributed by atoms with Crippen molar-refractivity contribution in [2.45, 2.75) is 20.3 Å². The molecule has 2 N–H and O–H groups in total. The van der Waals surface area contributed by atoms with E-state index in [-0.39, 0.29) is 5.91 Å². The third kappa shape index (κ3) is 3.54. The van der Waals surface area contributed by atoms with Crippen LogP contribution in [0, 0.1) is 6.92 Å². The number of nitrogens with one attached hydrogen (secondary N) is 2. The fraction of sp³-hybridized carbons (Fsp3) is 0.267. The normalized spacial score (nSPS) is 10.1. The summed E-state index contributed by atoms with van der Waals surface area (Å²) >= 11 is 0. The zero-order valence-corrected chi connectivity index (χ0v) is 11.7. The third-order valence-electron chi connectivity index (χ3n) is 2.79. The van der Waals surface area contributed by atoms with Gasteiger partial charge in [0.05, 0.1) is 17.4 Å². The van der Waals surface area contributed by atoms with E-state index in [0.717, 1.165) is 30.0 Å². The topological polar surface area (TPSA) is 66.9 Å². The van der Waals surface area contributed by atoms with Crippen molar-refractivity contribution in [2.24, 2.45) is 0 Å². The van der Waals surface area contributed by atoms with Crippen molar-refractivity contribution in [1.82, 2.24) is 9.97 Å². The van der Waals surface area contributed by atoms with Crippen LogP contribution in [-0.4, -0.2) is 22.4 Å². The van der Waals surface area contributed by atoms with Gasteiger partial charge in [-0.05, 0) is 31.5 Å². The van der Waals surface area contributed by atoms with Crippen LogP contribution in [0.2, 0.25) is 0 Å². The van der Waals surface area contributed by atoms with Crippen LogP contribution in [0.4, 0.5) is 11.4 Å². The van der Waals surface area contributed by atoms with Crippen molar-refractivity contribution in [1.29, 1.82) is 0 Å². The minimum Gasteiger partial charge on any atom is -0.383 e. The Morgan fingerprint density at radius 1 is 1.30 bits per heavy atom. The molecule has 0 unspecified atom stereocenters. The third-order valence-corrected chi connectivity index (χ3v) is 2.79. The van der Waals surface area contributed by atoms with E-state index in [9.17, 15) is 4.79 Å². The van der Waals surface area contributed by atoms with E-state index in [1.165, 1.54) is 0 Å². The standard InChI is InChI=1S/C15H18N4O/c1-3-6-18-14-10-16-7-5-13(14)15(20)19-12-4-8-17-11(2)9-12/h4-5,7-10,18H,3,6H2,1-2H3,(H,17,19,20). The van der Waals surface area contributed by atoms with Gasteiger partial charge in [0, 0.05) is 30.3 Å². The maximum Gasteiger partial charge on any atom is 0.257 e. The second-order valence-electron chi connectivity index (χ2n) is 4.49. The van der Waals surface area contributed by atoms with Crippen LogP contribution in [0.15, 0.2) is 36.8 Å². The molecule has 1 amide bonds. The average Bonchev–Trinajstić information content (AvgIpc) is 2.45. The molecule has 5 heteroatoms. The monoisotopic (exact) mass is 270 g/mol. The lowest BCUT2D eigenvalue weighted by Gasteiger charge is -2.11. The van der Waals surface area contributed by atoms with Crippen molar-refractivity contribution in [2.75, 3.05) is 17.2 Å². The van der Waals surface area contributed by atoms with Gasteiger partial charge in [-0.3, -0.25) is 14.8 Å². The van der Waals surface area contributed by atoms with E-state index in [4.69, 9.17) is 0 Å². The lowest BCUT2D eigenvalue weighted by molar-refractivity contribution is 0.102. The Morgan fingerprint density at radius 3 is 2.90 bits per heavy atom. The second-order valence-corrected chi connectivity index (χ2v) is 4.49. The van der Waals surface area contributed by atoms with Crippen LogP contribution < -0.4 is 10.6 Å². The minimum absolute atomic E-state index is 0.156. The van der Waals surface area contributed by atoms with Gasteiger partial charge in [-0.2, -0.15) is 0 Å². The van der Waals surface area contributed by atoms with Gasteiger partial charge in [0.15, 0.2) is 0 Å². The fourth-order valence-corrected chi connectivity index (χ4v) is 1.81. The van der Waals surface area contributed by atoms with Crippen molar-refractivity contribution in [3.63, 3.8) is 0 Å². The van der Waals surface area contributed by atoms with Crippen LogP contribution in [0.1, 0.15) is 29.4 Å². The number of hydrogen-bond acceptors (Lipinski definition) is 4.